The lowest BCUT2D eigenvalue weighted by Crippen LogP contribution is -2.48. The molecule has 1 unspecified atom stereocenters. The summed E-state index contributed by atoms with van der Waals surface area (Å²) >= 11 is 0. The van der Waals surface area contributed by atoms with Crippen LogP contribution in [0.3, 0.4) is 0 Å². The molecule has 1 fully saturated rings. The molecule has 7 nitrogen and oxygen atoms in total. The van der Waals surface area contributed by atoms with Gasteiger partial charge in [0.2, 0.25) is 0 Å². The van der Waals surface area contributed by atoms with Crippen molar-refractivity contribution < 1.29 is 41.9 Å². The van der Waals surface area contributed by atoms with Crippen LogP contribution in [-0.4, -0.2) is 40.3 Å². The fourth-order valence-electron chi connectivity index (χ4n) is 3.91. The number of aliphatic hydroxyl groups excluding tert-OH is 1. The highest BCUT2D eigenvalue weighted by Crippen LogP contribution is 2.38. The summed E-state index contributed by atoms with van der Waals surface area (Å²) in [5, 5.41) is 9.44. The number of phosphoric ester groups is 1. The third-order valence-corrected chi connectivity index (χ3v) is 6.30. The van der Waals surface area contributed by atoms with E-state index in [1.54, 1.807) is 0 Å². The summed E-state index contributed by atoms with van der Waals surface area (Å²) in [4.78, 5) is 17.6. The van der Waals surface area contributed by atoms with Crippen molar-refractivity contribution in [1.82, 2.24) is 0 Å². The first-order valence-corrected chi connectivity index (χ1v) is 12.4. The molecule has 184 valence electrons. The monoisotopic (exact) mass is 483 g/mol. The highest BCUT2D eigenvalue weighted by Gasteiger charge is 2.35. The van der Waals surface area contributed by atoms with Gasteiger partial charge in [0.1, 0.15) is 5.75 Å². The van der Waals surface area contributed by atoms with Crippen molar-refractivity contribution in [2.75, 3.05) is 19.8 Å². The number of nitrogens with two attached hydrogens (primary N) is 1. The number of benzene rings is 1. The summed E-state index contributed by atoms with van der Waals surface area (Å²) in [6.45, 7) is -1.07. The first-order valence-electron chi connectivity index (χ1n) is 10.8. The lowest BCUT2D eigenvalue weighted by atomic mass is 9.86. The Balaban J connectivity index is 1.97. The summed E-state index contributed by atoms with van der Waals surface area (Å²) in [6.07, 6.45) is 3.12. The normalized spacial score (nSPS) is 17.8. The lowest BCUT2D eigenvalue weighted by Gasteiger charge is -2.27. The summed E-state index contributed by atoms with van der Waals surface area (Å²) in [7, 11) is -4.79. The van der Waals surface area contributed by atoms with Gasteiger partial charge in [0.25, 0.3) is 0 Å². The molecular formula is C21H33F3NO6P. The number of phosphoric acid groups is 1. The minimum Gasteiger partial charge on any atom is -0.493 e. The predicted molar refractivity (Wildman–Crippen MR) is 113 cm³/mol. The van der Waals surface area contributed by atoms with Gasteiger partial charge in [-0.3, -0.25) is 4.52 Å². The largest absolute Gasteiger partial charge is 0.493 e. The van der Waals surface area contributed by atoms with Crippen LogP contribution in [0.4, 0.5) is 13.2 Å². The third kappa shape index (κ3) is 9.37. The Morgan fingerprint density at radius 3 is 2.44 bits per heavy atom. The maximum Gasteiger partial charge on any atom is 0.469 e. The van der Waals surface area contributed by atoms with Crippen LogP contribution in [0, 0.1) is 5.92 Å². The number of hydrogen-bond acceptors (Lipinski definition) is 5. The lowest BCUT2D eigenvalue weighted by molar-refractivity contribution is -0.139. The average Bonchev–Trinajstić information content (AvgIpc) is 2.74. The Kier molecular flexibility index (Phi) is 10.00. The van der Waals surface area contributed by atoms with Gasteiger partial charge in [0, 0.05) is 0 Å². The number of hydrogen-bond donors (Lipinski definition) is 4. The molecule has 5 N–H and O–H groups in total. The summed E-state index contributed by atoms with van der Waals surface area (Å²) in [6, 6.07) is 3.76. The number of aliphatic hydroxyl groups is 1. The van der Waals surface area contributed by atoms with Crippen LogP contribution in [0.15, 0.2) is 18.2 Å². The van der Waals surface area contributed by atoms with E-state index in [2.05, 4.69) is 4.52 Å². The van der Waals surface area contributed by atoms with E-state index in [-0.39, 0.29) is 25.2 Å². The maximum atomic E-state index is 13.6. The van der Waals surface area contributed by atoms with Gasteiger partial charge in [-0.15, -0.1) is 0 Å². The second-order valence-electron chi connectivity index (χ2n) is 8.61. The molecule has 32 heavy (non-hydrogen) atoms. The Hall–Kier alpha value is -1.16. The smallest absolute Gasteiger partial charge is 0.469 e. The quantitative estimate of drug-likeness (QED) is 0.260. The van der Waals surface area contributed by atoms with Gasteiger partial charge in [-0.2, -0.15) is 13.2 Å². The predicted octanol–water partition coefficient (Wildman–Crippen LogP) is 4.18. The fraction of sp³-hybridized carbons (Fsp3) is 0.714. The molecule has 0 aliphatic heterocycles. The van der Waals surface area contributed by atoms with E-state index < -0.39 is 38.3 Å². The summed E-state index contributed by atoms with van der Waals surface area (Å²) in [5.74, 6) is 0.408. The van der Waals surface area contributed by atoms with E-state index in [1.165, 1.54) is 44.2 Å². The van der Waals surface area contributed by atoms with E-state index in [0.29, 0.717) is 17.9 Å². The Bertz CT molecular complexity index is 766. The van der Waals surface area contributed by atoms with Gasteiger partial charge in [-0.05, 0) is 49.3 Å². The number of halogens is 3. The first-order chi connectivity index (χ1) is 14.9. The van der Waals surface area contributed by atoms with E-state index in [1.807, 2.05) is 0 Å². The molecule has 1 aliphatic rings. The molecule has 11 heteroatoms. The van der Waals surface area contributed by atoms with Crippen LogP contribution < -0.4 is 10.5 Å². The van der Waals surface area contributed by atoms with Crippen LogP contribution in [0.2, 0.25) is 0 Å². The maximum absolute atomic E-state index is 13.6. The molecule has 1 aromatic rings. The van der Waals surface area contributed by atoms with Crippen LogP contribution >= 0.6 is 7.82 Å². The summed E-state index contributed by atoms with van der Waals surface area (Å²) < 4.78 is 61.4. The van der Waals surface area contributed by atoms with Crippen molar-refractivity contribution in [3.63, 3.8) is 0 Å². The molecule has 1 aromatic carbocycles. The van der Waals surface area contributed by atoms with Crippen molar-refractivity contribution in [2.24, 2.45) is 11.7 Å². The zero-order chi connectivity index (χ0) is 23.8. The van der Waals surface area contributed by atoms with Crippen LogP contribution in [-0.2, 0) is 21.7 Å². The SMILES string of the molecule is NC(CO)(CCc1ccc(OCCCC2CCCCC2)c(C(F)(F)F)c1)COP(=O)(O)O. The fourth-order valence-corrected chi connectivity index (χ4v) is 4.34. The molecule has 0 heterocycles. The molecule has 0 bridgehead atoms. The number of rotatable bonds is 12. The molecule has 0 amide bonds. The molecule has 0 saturated heterocycles. The van der Waals surface area contributed by atoms with Crippen LogP contribution in [0.5, 0.6) is 5.75 Å². The molecule has 1 saturated carbocycles. The number of alkyl halides is 3. The van der Waals surface area contributed by atoms with E-state index in [4.69, 9.17) is 20.3 Å². The van der Waals surface area contributed by atoms with Gasteiger partial charge in [0.15, 0.2) is 0 Å². The number of ether oxygens (including phenoxy) is 1. The van der Waals surface area contributed by atoms with Crippen LogP contribution in [0.1, 0.15) is 62.5 Å². The average molecular weight is 483 g/mol. The van der Waals surface area contributed by atoms with E-state index >= 15 is 0 Å². The van der Waals surface area contributed by atoms with Crippen molar-refractivity contribution in [1.29, 1.82) is 0 Å². The van der Waals surface area contributed by atoms with E-state index in [0.717, 1.165) is 12.5 Å². The van der Waals surface area contributed by atoms with Gasteiger partial charge >= 0.3 is 14.0 Å². The Labute approximate surface area is 186 Å². The zero-order valence-electron chi connectivity index (χ0n) is 18.0. The zero-order valence-corrected chi connectivity index (χ0v) is 18.9. The van der Waals surface area contributed by atoms with Crippen molar-refractivity contribution >= 4 is 7.82 Å². The Morgan fingerprint density at radius 1 is 1.16 bits per heavy atom. The molecule has 1 atom stereocenters. The minimum atomic E-state index is -4.79. The van der Waals surface area contributed by atoms with Crippen LogP contribution in [0.25, 0.3) is 0 Å². The van der Waals surface area contributed by atoms with E-state index in [9.17, 15) is 22.8 Å². The topological polar surface area (TPSA) is 122 Å². The molecule has 0 aromatic heterocycles. The van der Waals surface area contributed by atoms with Gasteiger partial charge in [-0.25, -0.2) is 4.57 Å². The first kappa shape index (κ1) is 27.1. The number of aryl methyl sites for hydroxylation is 1. The minimum absolute atomic E-state index is 0.0393. The van der Waals surface area contributed by atoms with Gasteiger partial charge < -0.3 is 25.4 Å². The molecule has 2 rings (SSSR count). The standard InChI is InChI=1S/C21H33F3NO6P/c22-21(23,24)18-13-17(10-11-20(25,14-26)15-31-32(27,28)29)8-9-19(18)30-12-4-7-16-5-2-1-3-6-16/h8-9,13,16,26H,1-7,10-12,14-15,25H2,(H2,27,28,29). The second-order valence-corrected chi connectivity index (χ2v) is 9.85. The highest BCUT2D eigenvalue weighted by molar-refractivity contribution is 7.46. The summed E-state index contributed by atoms with van der Waals surface area (Å²) in [5.41, 5.74) is 3.81. The molecule has 1 aliphatic carbocycles. The Morgan fingerprint density at radius 2 is 1.84 bits per heavy atom. The highest BCUT2D eigenvalue weighted by atomic mass is 31.2. The molecule has 0 spiro atoms. The third-order valence-electron chi connectivity index (χ3n) is 5.84. The van der Waals surface area contributed by atoms with Crippen molar-refractivity contribution in [2.45, 2.75) is 69.5 Å². The van der Waals surface area contributed by atoms with Crippen molar-refractivity contribution in [3.05, 3.63) is 29.3 Å². The van der Waals surface area contributed by atoms with Gasteiger partial charge in [0.05, 0.1) is 30.9 Å². The molecular weight excluding hydrogens is 450 g/mol. The second kappa shape index (κ2) is 11.8. The molecule has 0 radical (unpaired) electrons. The van der Waals surface area contributed by atoms with Crippen molar-refractivity contribution in [3.8, 4) is 5.75 Å². The van der Waals surface area contributed by atoms with Gasteiger partial charge in [-0.1, -0.05) is 38.2 Å².